The van der Waals surface area contributed by atoms with E-state index in [1.165, 1.54) is 13.3 Å². The van der Waals surface area contributed by atoms with Crippen LogP contribution in [0, 0.1) is 3.70 Å². The number of alkyl halides is 2. The summed E-state index contributed by atoms with van der Waals surface area (Å²) in [5.74, 6) is -1.12. The van der Waals surface area contributed by atoms with Crippen LogP contribution in [0.25, 0.3) is 0 Å². The number of nitrogens with zero attached hydrogens (tertiary/aromatic N) is 1. The zero-order chi connectivity index (χ0) is 12.3. The number of halogens is 3. The number of methoxy groups -OCH3 is 1. The Kier molecular flexibility index (Phi) is 4.39. The summed E-state index contributed by atoms with van der Waals surface area (Å²) in [6.45, 7) is 0. The maximum atomic E-state index is 12.8. The molecule has 0 atom stereocenters. The van der Waals surface area contributed by atoms with Crippen LogP contribution >= 0.6 is 22.6 Å². The molecule has 1 aromatic rings. The molecule has 0 amide bonds. The summed E-state index contributed by atoms with van der Waals surface area (Å²) in [5, 5.41) is 8.66. The Labute approximate surface area is 104 Å². The second kappa shape index (κ2) is 5.37. The normalized spacial score (nSPS) is 10.6. The maximum Gasteiger partial charge on any atom is 0.307 e. The van der Waals surface area contributed by atoms with Gasteiger partial charge < -0.3 is 9.84 Å². The van der Waals surface area contributed by atoms with E-state index >= 15 is 0 Å². The van der Waals surface area contributed by atoms with E-state index in [4.69, 9.17) is 9.84 Å². The molecule has 1 N–H and O–H groups in total. The van der Waals surface area contributed by atoms with Crippen LogP contribution in [0.3, 0.4) is 0 Å². The summed E-state index contributed by atoms with van der Waals surface area (Å²) in [6, 6.07) is 0. The van der Waals surface area contributed by atoms with Crippen LogP contribution in [-0.4, -0.2) is 23.2 Å². The van der Waals surface area contributed by atoms with Crippen molar-refractivity contribution < 1.29 is 23.4 Å². The Morgan fingerprint density at radius 3 is 2.75 bits per heavy atom. The van der Waals surface area contributed by atoms with Gasteiger partial charge in [0, 0.05) is 5.56 Å². The number of ether oxygens (including phenoxy) is 1. The van der Waals surface area contributed by atoms with Gasteiger partial charge in [0.1, 0.15) is 9.45 Å². The third-order valence-corrected chi connectivity index (χ3v) is 2.77. The molecule has 1 aromatic heterocycles. The number of carbonyl (C=O) groups is 1. The van der Waals surface area contributed by atoms with Crippen LogP contribution < -0.4 is 4.74 Å². The van der Waals surface area contributed by atoms with Gasteiger partial charge in [-0.05, 0) is 22.6 Å². The van der Waals surface area contributed by atoms with Crippen molar-refractivity contribution in [3.63, 3.8) is 0 Å². The molecule has 0 aliphatic rings. The molecule has 0 bridgehead atoms. The third-order valence-electron chi connectivity index (χ3n) is 1.91. The van der Waals surface area contributed by atoms with Gasteiger partial charge in [0.05, 0.1) is 25.3 Å². The summed E-state index contributed by atoms with van der Waals surface area (Å²) in [4.78, 5) is 14.3. The Balaban J connectivity index is 3.36. The van der Waals surface area contributed by atoms with Gasteiger partial charge in [0.15, 0.2) is 0 Å². The summed E-state index contributed by atoms with van der Waals surface area (Å²) in [6.07, 6.45) is -2.04. The molecule has 0 radical (unpaired) electrons. The van der Waals surface area contributed by atoms with E-state index in [9.17, 15) is 13.6 Å². The Bertz CT molecular complexity index is 412. The lowest BCUT2D eigenvalue weighted by molar-refractivity contribution is -0.136. The smallest absolute Gasteiger partial charge is 0.307 e. The Morgan fingerprint density at radius 2 is 2.31 bits per heavy atom. The van der Waals surface area contributed by atoms with E-state index in [-0.39, 0.29) is 20.6 Å². The standard InChI is InChI=1S/C9H8F2INO3/c1-16-5-3-13-9(12)7(8(10)11)4(5)2-6(14)15/h3,8H,2H2,1H3,(H,14,15). The minimum atomic E-state index is -2.77. The molecule has 7 heteroatoms. The van der Waals surface area contributed by atoms with Crippen molar-refractivity contribution in [3.8, 4) is 5.75 Å². The Hall–Kier alpha value is -0.990. The van der Waals surface area contributed by atoms with Gasteiger partial charge in [0.25, 0.3) is 6.43 Å². The third kappa shape index (κ3) is 2.77. The van der Waals surface area contributed by atoms with E-state index in [1.54, 1.807) is 22.6 Å². The van der Waals surface area contributed by atoms with Crippen molar-refractivity contribution in [2.24, 2.45) is 0 Å². The summed E-state index contributed by atoms with van der Waals surface area (Å²) in [5.41, 5.74) is -0.397. The van der Waals surface area contributed by atoms with Crippen LogP contribution in [0.5, 0.6) is 5.75 Å². The van der Waals surface area contributed by atoms with Crippen molar-refractivity contribution >= 4 is 28.6 Å². The fourth-order valence-electron chi connectivity index (χ4n) is 1.25. The fraction of sp³-hybridized carbons (Fsp3) is 0.333. The minimum Gasteiger partial charge on any atom is -0.495 e. The molecule has 0 aliphatic carbocycles. The summed E-state index contributed by atoms with van der Waals surface area (Å²) < 4.78 is 30.4. The first kappa shape index (κ1) is 13.1. The monoisotopic (exact) mass is 343 g/mol. The lowest BCUT2D eigenvalue weighted by atomic mass is 10.1. The highest BCUT2D eigenvalue weighted by Gasteiger charge is 2.23. The van der Waals surface area contributed by atoms with Gasteiger partial charge in [-0.3, -0.25) is 4.79 Å². The van der Waals surface area contributed by atoms with Gasteiger partial charge in [0.2, 0.25) is 0 Å². The highest BCUT2D eigenvalue weighted by molar-refractivity contribution is 14.1. The zero-order valence-corrected chi connectivity index (χ0v) is 10.4. The molecule has 88 valence electrons. The molecule has 1 rings (SSSR count). The molecule has 1 heterocycles. The number of hydrogen-bond donors (Lipinski definition) is 1. The molecule has 0 aliphatic heterocycles. The second-order valence-electron chi connectivity index (χ2n) is 2.88. The number of carboxylic acid groups (broad SMARTS) is 1. The van der Waals surface area contributed by atoms with E-state index in [1.807, 2.05) is 0 Å². The highest BCUT2D eigenvalue weighted by atomic mass is 127. The molecule has 0 fully saturated rings. The first-order valence-electron chi connectivity index (χ1n) is 4.18. The number of aromatic nitrogens is 1. The molecule has 0 saturated carbocycles. The predicted molar refractivity (Wildman–Crippen MR) is 59.8 cm³/mol. The highest BCUT2D eigenvalue weighted by Crippen LogP contribution is 2.32. The van der Waals surface area contributed by atoms with Crippen molar-refractivity contribution in [3.05, 3.63) is 21.0 Å². The van der Waals surface area contributed by atoms with Crippen LogP contribution in [0.4, 0.5) is 8.78 Å². The maximum absolute atomic E-state index is 12.8. The summed E-state index contributed by atoms with van der Waals surface area (Å²) in [7, 11) is 1.28. The molecular formula is C9H8F2INO3. The lowest BCUT2D eigenvalue weighted by Gasteiger charge is -2.12. The van der Waals surface area contributed by atoms with E-state index in [2.05, 4.69) is 4.98 Å². The van der Waals surface area contributed by atoms with Crippen molar-refractivity contribution in [2.45, 2.75) is 12.8 Å². The average molecular weight is 343 g/mol. The van der Waals surface area contributed by atoms with Crippen LogP contribution in [0.1, 0.15) is 17.6 Å². The molecule has 0 unspecified atom stereocenters. The van der Waals surface area contributed by atoms with E-state index < -0.39 is 18.8 Å². The molecule has 4 nitrogen and oxygen atoms in total. The van der Waals surface area contributed by atoms with Crippen molar-refractivity contribution in [1.82, 2.24) is 4.98 Å². The SMILES string of the molecule is COc1cnc(I)c(C(F)F)c1CC(=O)O. The first-order chi connectivity index (χ1) is 7.47. The average Bonchev–Trinajstić information content (AvgIpc) is 2.16. The minimum absolute atomic E-state index is 0.0237. The number of carboxylic acids is 1. The number of aliphatic carboxylic acids is 1. The van der Waals surface area contributed by atoms with Crippen LogP contribution in [0.2, 0.25) is 0 Å². The molecule has 16 heavy (non-hydrogen) atoms. The first-order valence-corrected chi connectivity index (χ1v) is 5.26. The number of pyridine rings is 1. The van der Waals surface area contributed by atoms with Crippen molar-refractivity contribution in [2.75, 3.05) is 7.11 Å². The Morgan fingerprint density at radius 1 is 1.69 bits per heavy atom. The number of rotatable bonds is 4. The van der Waals surface area contributed by atoms with Crippen LogP contribution in [0.15, 0.2) is 6.20 Å². The van der Waals surface area contributed by atoms with E-state index in [0.717, 1.165) is 0 Å². The molecule has 0 spiro atoms. The topological polar surface area (TPSA) is 59.4 Å². The fourth-order valence-corrected chi connectivity index (χ4v) is 1.95. The van der Waals surface area contributed by atoms with Crippen LogP contribution in [-0.2, 0) is 11.2 Å². The van der Waals surface area contributed by atoms with Gasteiger partial charge in [-0.1, -0.05) is 0 Å². The number of hydrogen-bond acceptors (Lipinski definition) is 3. The zero-order valence-electron chi connectivity index (χ0n) is 8.21. The predicted octanol–water partition coefficient (Wildman–Crippen LogP) is 2.26. The summed E-state index contributed by atoms with van der Waals surface area (Å²) >= 11 is 1.64. The largest absolute Gasteiger partial charge is 0.495 e. The lowest BCUT2D eigenvalue weighted by Crippen LogP contribution is -2.09. The van der Waals surface area contributed by atoms with Gasteiger partial charge in [-0.2, -0.15) is 0 Å². The van der Waals surface area contributed by atoms with Gasteiger partial charge >= 0.3 is 5.97 Å². The van der Waals surface area contributed by atoms with Gasteiger partial charge in [-0.25, -0.2) is 13.8 Å². The van der Waals surface area contributed by atoms with Gasteiger partial charge in [-0.15, -0.1) is 0 Å². The molecule has 0 aromatic carbocycles. The van der Waals surface area contributed by atoms with Crippen molar-refractivity contribution in [1.29, 1.82) is 0 Å². The molecular weight excluding hydrogens is 335 g/mol. The molecule has 0 saturated heterocycles. The van der Waals surface area contributed by atoms with E-state index in [0.29, 0.717) is 0 Å². The quantitative estimate of drug-likeness (QED) is 0.673. The second-order valence-corrected chi connectivity index (χ2v) is 3.90.